The first-order valence-corrected chi connectivity index (χ1v) is 6.17. The van der Waals surface area contributed by atoms with Crippen LogP contribution in [0.1, 0.15) is 25.6 Å². The van der Waals surface area contributed by atoms with E-state index in [1.54, 1.807) is 6.20 Å². The van der Waals surface area contributed by atoms with Gasteiger partial charge in [0.1, 0.15) is 5.82 Å². The van der Waals surface area contributed by atoms with Gasteiger partial charge in [-0.15, -0.1) is 0 Å². The zero-order valence-electron chi connectivity index (χ0n) is 10.6. The van der Waals surface area contributed by atoms with E-state index in [9.17, 15) is 0 Å². The molecule has 1 unspecified atom stereocenters. The predicted octanol–water partition coefficient (Wildman–Crippen LogP) is 1.89. The molecular weight excluding hydrogens is 212 g/mol. The van der Waals surface area contributed by atoms with Gasteiger partial charge in [0.2, 0.25) is 0 Å². The monoisotopic (exact) mass is 232 g/mol. The molecule has 0 spiro atoms. The van der Waals surface area contributed by atoms with Crippen LogP contribution in [-0.2, 0) is 13.5 Å². The van der Waals surface area contributed by atoms with Crippen LogP contribution >= 0.6 is 0 Å². The van der Waals surface area contributed by atoms with E-state index in [1.165, 1.54) is 0 Å². The van der Waals surface area contributed by atoms with E-state index in [2.05, 4.69) is 28.5 Å². The summed E-state index contributed by atoms with van der Waals surface area (Å²) in [7, 11) is 2.06. The van der Waals surface area contributed by atoms with Gasteiger partial charge in [-0.1, -0.05) is 6.92 Å². The molecule has 2 N–H and O–H groups in total. The molecule has 0 aliphatic carbocycles. The van der Waals surface area contributed by atoms with Crippen LogP contribution in [0.25, 0.3) is 11.0 Å². The Balaban J connectivity index is 2.11. The number of aryl methyl sites for hydroxylation is 2. The summed E-state index contributed by atoms with van der Waals surface area (Å²) in [6.07, 6.45) is 6.89. The van der Waals surface area contributed by atoms with Crippen molar-refractivity contribution in [3.8, 4) is 0 Å². The van der Waals surface area contributed by atoms with Crippen LogP contribution in [-0.4, -0.2) is 21.1 Å². The number of nitrogens with two attached hydrogens (primary N) is 1. The molecule has 2 aromatic heterocycles. The number of hydrogen-bond donors (Lipinski definition) is 1. The van der Waals surface area contributed by atoms with Gasteiger partial charge in [-0.2, -0.15) is 0 Å². The molecule has 0 bridgehead atoms. The number of fused-ring (bicyclic) bond motifs is 1. The van der Waals surface area contributed by atoms with Crippen molar-refractivity contribution in [2.75, 3.05) is 6.54 Å². The number of imidazole rings is 1. The van der Waals surface area contributed by atoms with E-state index in [0.717, 1.165) is 42.7 Å². The van der Waals surface area contributed by atoms with Gasteiger partial charge in [0, 0.05) is 19.7 Å². The summed E-state index contributed by atoms with van der Waals surface area (Å²) in [6, 6.07) is 1.96. The standard InChI is InChI=1S/C13H20N4/c1-10(5-7-14)3-4-13-16-11-6-8-15-9-12(11)17(13)2/h6,8-10H,3-5,7,14H2,1-2H3. The van der Waals surface area contributed by atoms with Gasteiger partial charge >= 0.3 is 0 Å². The molecule has 2 aromatic rings. The summed E-state index contributed by atoms with van der Waals surface area (Å²) < 4.78 is 2.14. The van der Waals surface area contributed by atoms with Gasteiger partial charge in [-0.05, 0) is 31.4 Å². The summed E-state index contributed by atoms with van der Waals surface area (Å²) in [5.74, 6) is 1.80. The van der Waals surface area contributed by atoms with Crippen LogP contribution < -0.4 is 5.73 Å². The Bertz CT molecular complexity index is 489. The van der Waals surface area contributed by atoms with Crippen LogP contribution in [0, 0.1) is 5.92 Å². The maximum Gasteiger partial charge on any atom is 0.109 e. The smallest absolute Gasteiger partial charge is 0.109 e. The predicted molar refractivity (Wildman–Crippen MR) is 69.7 cm³/mol. The third-order valence-corrected chi connectivity index (χ3v) is 3.30. The lowest BCUT2D eigenvalue weighted by Crippen LogP contribution is -2.08. The maximum absolute atomic E-state index is 5.56. The summed E-state index contributed by atoms with van der Waals surface area (Å²) >= 11 is 0. The fourth-order valence-electron chi connectivity index (χ4n) is 2.11. The fraction of sp³-hybridized carbons (Fsp3) is 0.538. The molecule has 0 fully saturated rings. The van der Waals surface area contributed by atoms with E-state index >= 15 is 0 Å². The Morgan fingerprint density at radius 1 is 1.41 bits per heavy atom. The summed E-state index contributed by atoms with van der Waals surface area (Å²) in [5.41, 5.74) is 7.70. The molecule has 0 saturated carbocycles. The van der Waals surface area contributed by atoms with E-state index in [-0.39, 0.29) is 0 Å². The first kappa shape index (κ1) is 12.0. The van der Waals surface area contributed by atoms with Gasteiger partial charge in [-0.25, -0.2) is 4.98 Å². The van der Waals surface area contributed by atoms with Crippen LogP contribution in [0.5, 0.6) is 0 Å². The van der Waals surface area contributed by atoms with Crippen molar-refractivity contribution >= 4 is 11.0 Å². The highest BCUT2D eigenvalue weighted by atomic mass is 15.1. The minimum Gasteiger partial charge on any atom is -0.330 e. The van der Waals surface area contributed by atoms with E-state index < -0.39 is 0 Å². The van der Waals surface area contributed by atoms with Gasteiger partial charge in [-0.3, -0.25) is 4.98 Å². The SMILES string of the molecule is CC(CCN)CCc1nc2ccncc2n1C. The summed E-state index contributed by atoms with van der Waals surface area (Å²) in [4.78, 5) is 8.77. The quantitative estimate of drug-likeness (QED) is 0.856. The van der Waals surface area contributed by atoms with Crippen molar-refractivity contribution in [1.82, 2.24) is 14.5 Å². The molecule has 0 radical (unpaired) electrons. The molecule has 17 heavy (non-hydrogen) atoms. The number of rotatable bonds is 5. The minimum atomic E-state index is 0.665. The summed E-state index contributed by atoms with van der Waals surface area (Å²) in [5, 5.41) is 0. The first-order valence-electron chi connectivity index (χ1n) is 6.17. The van der Waals surface area contributed by atoms with Gasteiger partial charge in [0.05, 0.1) is 17.2 Å². The molecule has 4 nitrogen and oxygen atoms in total. The molecule has 92 valence electrons. The average Bonchev–Trinajstić information content (AvgIpc) is 2.65. The van der Waals surface area contributed by atoms with Crippen molar-refractivity contribution in [3.05, 3.63) is 24.3 Å². The Kier molecular flexibility index (Phi) is 3.74. The van der Waals surface area contributed by atoms with Crippen molar-refractivity contribution < 1.29 is 0 Å². The van der Waals surface area contributed by atoms with Crippen LogP contribution in [0.2, 0.25) is 0 Å². The largest absolute Gasteiger partial charge is 0.330 e. The Morgan fingerprint density at radius 2 is 2.24 bits per heavy atom. The molecule has 0 saturated heterocycles. The van der Waals surface area contributed by atoms with Crippen LogP contribution in [0.3, 0.4) is 0 Å². The highest BCUT2D eigenvalue weighted by molar-refractivity contribution is 5.74. The van der Waals surface area contributed by atoms with E-state index in [1.807, 2.05) is 12.3 Å². The highest BCUT2D eigenvalue weighted by Gasteiger charge is 2.09. The second kappa shape index (κ2) is 5.27. The van der Waals surface area contributed by atoms with Crippen molar-refractivity contribution in [2.45, 2.75) is 26.2 Å². The summed E-state index contributed by atoms with van der Waals surface area (Å²) in [6.45, 7) is 3.02. The molecule has 2 rings (SSSR count). The zero-order chi connectivity index (χ0) is 12.3. The fourth-order valence-corrected chi connectivity index (χ4v) is 2.11. The Hall–Kier alpha value is -1.42. The van der Waals surface area contributed by atoms with Gasteiger partial charge in [0.25, 0.3) is 0 Å². The van der Waals surface area contributed by atoms with Gasteiger partial charge < -0.3 is 10.3 Å². The van der Waals surface area contributed by atoms with Gasteiger partial charge in [0.15, 0.2) is 0 Å². The van der Waals surface area contributed by atoms with Crippen molar-refractivity contribution in [3.63, 3.8) is 0 Å². The normalized spacial score (nSPS) is 13.1. The second-order valence-corrected chi connectivity index (χ2v) is 4.67. The molecule has 0 aliphatic rings. The minimum absolute atomic E-state index is 0.665. The molecule has 2 heterocycles. The first-order chi connectivity index (χ1) is 8.22. The van der Waals surface area contributed by atoms with Crippen molar-refractivity contribution in [1.29, 1.82) is 0 Å². The van der Waals surface area contributed by atoms with E-state index in [4.69, 9.17) is 5.73 Å². The lowest BCUT2D eigenvalue weighted by molar-refractivity contribution is 0.490. The Morgan fingerprint density at radius 3 is 2.94 bits per heavy atom. The van der Waals surface area contributed by atoms with Crippen LogP contribution in [0.15, 0.2) is 18.5 Å². The molecule has 0 amide bonds. The second-order valence-electron chi connectivity index (χ2n) is 4.67. The molecule has 4 heteroatoms. The topological polar surface area (TPSA) is 56.7 Å². The average molecular weight is 232 g/mol. The number of nitrogens with zero attached hydrogens (tertiary/aromatic N) is 3. The number of aromatic nitrogens is 3. The van der Waals surface area contributed by atoms with Crippen LogP contribution in [0.4, 0.5) is 0 Å². The lowest BCUT2D eigenvalue weighted by atomic mass is 10.0. The third-order valence-electron chi connectivity index (χ3n) is 3.30. The van der Waals surface area contributed by atoms with Crippen molar-refractivity contribution in [2.24, 2.45) is 18.7 Å². The maximum atomic E-state index is 5.56. The molecule has 1 atom stereocenters. The number of hydrogen-bond acceptors (Lipinski definition) is 3. The number of pyridine rings is 1. The lowest BCUT2D eigenvalue weighted by Gasteiger charge is -2.09. The highest BCUT2D eigenvalue weighted by Crippen LogP contribution is 2.16. The zero-order valence-corrected chi connectivity index (χ0v) is 10.6. The molecule has 0 aromatic carbocycles. The third kappa shape index (κ3) is 2.64. The molecular formula is C13H20N4. The molecule has 0 aliphatic heterocycles. The van der Waals surface area contributed by atoms with E-state index in [0.29, 0.717) is 5.92 Å². The Labute approximate surface area is 102 Å².